The fraction of sp³-hybridized carbons (Fsp3) is 0.0625. The van der Waals surface area contributed by atoms with Crippen LogP contribution in [0.25, 0.3) is 5.69 Å². The number of nitrogens with zero attached hydrogens (tertiary/aromatic N) is 2. The summed E-state index contributed by atoms with van der Waals surface area (Å²) in [5, 5.41) is 4.55. The SMILES string of the molecule is NC(=O)c1cccc(CSc2nn(-c3ccccc3)c(=S)s2)c1. The zero-order valence-electron chi connectivity index (χ0n) is 12.0. The van der Waals surface area contributed by atoms with E-state index in [4.69, 9.17) is 18.0 Å². The van der Waals surface area contributed by atoms with Crippen LogP contribution >= 0.6 is 35.3 Å². The minimum Gasteiger partial charge on any atom is -0.366 e. The molecule has 2 N–H and O–H groups in total. The van der Waals surface area contributed by atoms with E-state index in [0.29, 0.717) is 15.3 Å². The second-order valence-electron chi connectivity index (χ2n) is 4.73. The Morgan fingerprint density at radius 3 is 2.74 bits per heavy atom. The zero-order valence-corrected chi connectivity index (χ0v) is 14.5. The third-order valence-corrected chi connectivity index (χ3v) is 5.54. The van der Waals surface area contributed by atoms with Crippen LogP contribution in [-0.4, -0.2) is 15.7 Å². The summed E-state index contributed by atoms with van der Waals surface area (Å²) < 4.78 is 3.37. The maximum Gasteiger partial charge on any atom is 0.248 e. The zero-order chi connectivity index (χ0) is 16.2. The summed E-state index contributed by atoms with van der Waals surface area (Å²) in [6.45, 7) is 0. The summed E-state index contributed by atoms with van der Waals surface area (Å²) in [6.07, 6.45) is 0. The van der Waals surface area contributed by atoms with Crippen molar-refractivity contribution in [2.75, 3.05) is 0 Å². The number of carbonyl (C=O) groups is 1. The lowest BCUT2D eigenvalue weighted by Crippen LogP contribution is -2.10. The molecule has 0 spiro atoms. The molecule has 0 atom stereocenters. The standard InChI is InChI=1S/C16H13N3OS3/c17-14(20)12-6-4-5-11(9-12)10-22-15-18-19(16(21)23-15)13-7-2-1-3-8-13/h1-9H,10H2,(H2,17,20). The molecule has 0 aliphatic carbocycles. The maximum absolute atomic E-state index is 11.2. The molecule has 0 aliphatic heterocycles. The molecular formula is C16H13N3OS3. The first kappa shape index (κ1) is 15.9. The van der Waals surface area contributed by atoms with Gasteiger partial charge in [0.2, 0.25) is 5.91 Å². The fourth-order valence-electron chi connectivity index (χ4n) is 2.01. The van der Waals surface area contributed by atoms with Crippen molar-refractivity contribution in [3.05, 3.63) is 69.7 Å². The molecule has 1 amide bonds. The van der Waals surface area contributed by atoms with Crippen molar-refractivity contribution in [1.82, 2.24) is 9.78 Å². The first-order valence-corrected chi connectivity index (χ1v) is 9.01. The molecule has 0 radical (unpaired) electrons. The third-order valence-electron chi connectivity index (χ3n) is 3.10. The molecule has 1 heterocycles. The van der Waals surface area contributed by atoms with Crippen molar-refractivity contribution in [2.24, 2.45) is 5.73 Å². The van der Waals surface area contributed by atoms with E-state index in [-0.39, 0.29) is 0 Å². The van der Waals surface area contributed by atoms with Crippen molar-refractivity contribution in [2.45, 2.75) is 10.1 Å². The van der Waals surface area contributed by atoms with Gasteiger partial charge in [0.25, 0.3) is 0 Å². The normalized spacial score (nSPS) is 10.6. The van der Waals surface area contributed by atoms with Crippen molar-refractivity contribution in [1.29, 1.82) is 0 Å². The first-order valence-electron chi connectivity index (χ1n) is 6.80. The maximum atomic E-state index is 11.2. The Balaban J connectivity index is 1.76. The van der Waals surface area contributed by atoms with Crippen LogP contribution in [-0.2, 0) is 5.75 Å². The van der Waals surface area contributed by atoms with Gasteiger partial charge in [0.05, 0.1) is 5.69 Å². The molecule has 4 nitrogen and oxygen atoms in total. The number of hydrogen-bond donors (Lipinski definition) is 1. The van der Waals surface area contributed by atoms with Gasteiger partial charge in [-0.2, -0.15) is 0 Å². The Morgan fingerprint density at radius 1 is 1.22 bits per heavy atom. The summed E-state index contributed by atoms with van der Waals surface area (Å²) in [5.74, 6) is 0.291. The number of para-hydroxylation sites is 1. The number of nitrogens with two attached hydrogens (primary N) is 1. The number of amides is 1. The van der Waals surface area contributed by atoms with Gasteiger partial charge >= 0.3 is 0 Å². The highest BCUT2D eigenvalue weighted by molar-refractivity contribution is 8.00. The molecule has 116 valence electrons. The van der Waals surface area contributed by atoms with E-state index in [0.717, 1.165) is 15.6 Å². The fourth-order valence-corrected chi connectivity index (χ4v) is 4.32. The van der Waals surface area contributed by atoms with Gasteiger partial charge in [-0.1, -0.05) is 53.4 Å². The van der Waals surface area contributed by atoms with Gasteiger partial charge in [0.1, 0.15) is 0 Å². The van der Waals surface area contributed by atoms with Crippen LogP contribution in [0.5, 0.6) is 0 Å². The molecule has 0 bridgehead atoms. The van der Waals surface area contributed by atoms with E-state index in [2.05, 4.69) is 5.10 Å². The highest BCUT2D eigenvalue weighted by Gasteiger charge is 2.07. The Labute approximate surface area is 147 Å². The third kappa shape index (κ3) is 3.87. The summed E-state index contributed by atoms with van der Waals surface area (Å²) in [5.41, 5.74) is 7.80. The van der Waals surface area contributed by atoms with E-state index >= 15 is 0 Å². The van der Waals surface area contributed by atoms with Crippen LogP contribution in [0.2, 0.25) is 0 Å². The summed E-state index contributed by atoms with van der Waals surface area (Å²) in [6, 6.07) is 17.1. The largest absolute Gasteiger partial charge is 0.366 e. The Hall–Kier alpha value is -1.96. The van der Waals surface area contributed by atoms with E-state index in [9.17, 15) is 4.79 Å². The number of carbonyl (C=O) groups excluding carboxylic acids is 1. The summed E-state index contributed by atoms with van der Waals surface area (Å²) in [4.78, 5) is 11.2. The Bertz CT molecular complexity index is 887. The lowest BCUT2D eigenvalue weighted by Gasteiger charge is -2.01. The van der Waals surface area contributed by atoms with Crippen LogP contribution in [0.1, 0.15) is 15.9 Å². The first-order chi connectivity index (χ1) is 11.1. The molecule has 0 unspecified atom stereocenters. The van der Waals surface area contributed by atoms with E-state index in [1.165, 1.54) is 11.3 Å². The van der Waals surface area contributed by atoms with Gasteiger partial charge in [0.15, 0.2) is 8.29 Å². The molecule has 23 heavy (non-hydrogen) atoms. The van der Waals surface area contributed by atoms with E-state index < -0.39 is 5.91 Å². The average molecular weight is 360 g/mol. The van der Waals surface area contributed by atoms with Gasteiger partial charge in [0, 0.05) is 11.3 Å². The van der Waals surface area contributed by atoms with Gasteiger partial charge in [-0.25, -0.2) is 4.68 Å². The minimum absolute atomic E-state index is 0.416. The van der Waals surface area contributed by atoms with E-state index in [1.54, 1.807) is 22.5 Å². The van der Waals surface area contributed by atoms with Crippen LogP contribution in [0.3, 0.4) is 0 Å². The monoisotopic (exact) mass is 359 g/mol. The molecule has 3 aromatic rings. The number of hydrogen-bond acceptors (Lipinski definition) is 5. The summed E-state index contributed by atoms with van der Waals surface area (Å²) >= 11 is 8.45. The molecule has 1 aromatic heterocycles. The second kappa shape index (κ2) is 7.08. The number of benzene rings is 2. The summed E-state index contributed by atoms with van der Waals surface area (Å²) in [7, 11) is 0. The van der Waals surface area contributed by atoms with Crippen LogP contribution in [0, 0.1) is 3.95 Å². The Morgan fingerprint density at radius 2 is 2.00 bits per heavy atom. The van der Waals surface area contributed by atoms with Gasteiger partial charge < -0.3 is 5.73 Å². The van der Waals surface area contributed by atoms with Crippen molar-refractivity contribution >= 4 is 41.2 Å². The van der Waals surface area contributed by atoms with Gasteiger partial charge in [-0.3, -0.25) is 4.79 Å². The minimum atomic E-state index is -0.416. The molecule has 0 aliphatic rings. The highest BCUT2D eigenvalue weighted by Crippen LogP contribution is 2.27. The quantitative estimate of drug-likeness (QED) is 0.551. The number of primary amides is 1. The van der Waals surface area contributed by atoms with Gasteiger partial charge in [-0.15, -0.1) is 5.10 Å². The Kier molecular flexibility index (Phi) is 4.90. The smallest absolute Gasteiger partial charge is 0.248 e. The molecule has 0 saturated carbocycles. The van der Waals surface area contributed by atoms with Crippen molar-refractivity contribution in [3.63, 3.8) is 0 Å². The molecule has 2 aromatic carbocycles. The number of thioether (sulfide) groups is 1. The average Bonchev–Trinajstić information content (AvgIpc) is 2.95. The van der Waals surface area contributed by atoms with Crippen molar-refractivity contribution in [3.8, 4) is 5.69 Å². The second-order valence-corrected chi connectivity index (χ2v) is 7.58. The van der Waals surface area contributed by atoms with Crippen molar-refractivity contribution < 1.29 is 4.79 Å². The molecule has 3 rings (SSSR count). The molecule has 7 heteroatoms. The number of rotatable bonds is 5. The lowest BCUT2D eigenvalue weighted by molar-refractivity contribution is 0.1000. The van der Waals surface area contributed by atoms with Gasteiger partial charge in [-0.05, 0) is 42.0 Å². The van der Waals surface area contributed by atoms with E-state index in [1.807, 2.05) is 48.5 Å². The van der Waals surface area contributed by atoms with Crippen LogP contribution < -0.4 is 5.73 Å². The molecule has 0 saturated heterocycles. The van der Waals surface area contributed by atoms with Crippen LogP contribution in [0.4, 0.5) is 0 Å². The predicted molar refractivity (Wildman–Crippen MR) is 96.8 cm³/mol. The molecular weight excluding hydrogens is 346 g/mol. The topological polar surface area (TPSA) is 60.9 Å². The molecule has 0 fully saturated rings. The predicted octanol–water partition coefficient (Wildman–Crippen LogP) is 4.05. The lowest BCUT2D eigenvalue weighted by atomic mass is 10.1. The van der Waals surface area contributed by atoms with Crippen LogP contribution in [0.15, 0.2) is 58.9 Å². The highest BCUT2D eigenvalue weighted by atomic mass is 32.2. The number of aromatic nitrogens is 2.